The number of nitro groups is 2. The first-order chi connectivity index (χ1) is 19.9. The molecule has 5 saturated heterocycles. The summed E-state index contributed by atoms with van der Waals surface area (Å²) in [6.45, 7) is 8.23. The van der Waals surface area contributed by atoms with E-state index < -0.39 is 4.92 Å². The lowest BCUT2D eigenvalue weighted by molar-refractivity contribution is -0.443. The number of nitrogens with zero attached hydrogens (tertiary/aromatic N) is 5. The van der Waals surface area contributed by atoms with Gasteiger partial charge >= 0.3 is 5.70 Å². The number of rotatable bonds is 9. The third-order valence-electron chi connectivity index (χ3n) is 7.92. The Labute approximate surface area is 246 Å². The van der Waals surface area contributed by atoms with Crippen molar-refractivity contribution in [1.29, 1.82) is 0 Å². The summed E-state index contributed by atoms with van der Waals surface area (Å²) in [5.41, 5.74) is 0.273. The maximum Gasteiger partial charge on any atom is 0.314 e. The summed E-state index contributed by atoms with van der Waals surface area (Å²) in [5.74, 6) is 2.46. The van der Waals surface area contributed by atoms with Crippen LogP contribution in [0.5, 0.6) is 0 Å². The summed E-state index contributed by atoms with van der Waals surface area (Å²) < 4.78 is 16.5. The van der Waals surface area contributed by atoms with Gasteiger partial charge in [-0.25, -0.2) is 0 Å². The van der Waals surface area contributed by atoms with E-state index >= 15 is 0 Å². The molecule has 6 aliphatic heterocycles. The van der Waals surface area contributed by atoms with E-state index in [1.807, 2.05) is 4.90 Å². The van der Waals surface area contributed by atoms with Gasteiger partial charge < -0.3 is 43.8 Å². The highest BCUT2D eigenvalue weighted by Crippen LogP contribution is 2.41. The predicted octanol–water partition coefficient (Wildman–Crippen LogP) is 1.41. The van der Waals surface area contributed by atoms with Crippen molar-refractivity contribution in [2.45, 2.75) is 58.3 Å². The molecule has 0 amide bonds. The van der Waals surface area contributed by atoms with Crippen LogP contribution in [0.4, 0.5) is 0 Å². The van der Waals surface area contributed by atoms with E-state index in [0.717, 1.165) is 116 Å². The van der Waals surface area contributed by atoms with Crippen LogP contribution in [0.3, 0.4) is 0 Å². The standard InChI is InChI=1S/C13H19N3O4.C9H15N3O3.C4H6O2.CH4/c17-16(18)12-10-1-2-11(20-10)15-5-4-14(13(12)15)7-9-3-6-19-8-9;13-12(14)6-9-10-2-3-11(9)5-8-1-4-15-7-8;5-3-1-2-4-6;/h9-11H,1-8H2;6,8,10H,1-5,7H2;3-4H,1-2H2;1H4/b;9-6+;;/t9?,10-,11+;;;/m1.../s1. The fourth-order valence-corrected chi connectivity index (χ4v) is 5.96. The molecule has 0 saturated carbocycles. The van der Waals surface area contributed by atoms with Crippen molar-refractivity contribution in [3.63, 3.8) is 0 Å². The molecule has 15 heteroatoms. The number of nitrogens with one attached hydrogen (secondary N) is 1. The number of carbonyl (C=O) groups excluding carboxylic acids is 2. The summed E-state index contributed by atoms with van der Waals surface area (Å²) in [7, 11) is 0. The van der Waals surface area contributed by atoms with Crippen molar-refractivity contribution >= 4 is 12.6 Å². The Morgan fingerprint density at radius 1 is 0.881 bits per heavy atom. The van der Waals surface area contributed by atoms with Crippen LogP contribution >= 0.6 is 0 Å². The lowest BCUT2D eigenvalue weighted by atomic mass is 10.1. The van der Waals surface area contributed by atoms with Crippen molar-refractivity contribution in [2.75, 3.05) is 65.7 Å². The van der Waals surface area contributed by atoms with Gasteiger partial charge in [0.05, 0.1) is 23.1 Å². The Bertz CT molecular complexity index is 989. The van der Waals surface area contributed by atoms with Gasteiger partial charge in [0.15, 0.2) is 17.7 Å². The first-order valence-corrected chi connectivity index (χ1v) is 14.3. The fourth-order valence-electron chi connectivity index (χ4n) is 5.96. The summed E-state index contributed by atoms with van der Waals surface area (Å²) in [6, 6.07) is 0. The summed E-state index contributed by atoms with van der Waals surface area (Å²) in [6.07, 6.45) is 6.74. The lowest BCUT2D eigenvalue weighted by Gasteiger charge is -2.33. The zero-order valence-corrected chi connectivity index (χ0v) is 23.3. The average Bonchev–Trinajstić information content (AvgIpc) is 3.78. The normalized spacial score (nSPS) is 28.3. The number of hydrogen-bond donors (Lipinski definition) is 1. The minimum absolute atomic E-state index is 0. The molecular formula is C27H44N6O9. The second-order valence-corrected chi connectivity index (χ2v) is 10.8. The Balaban J connectivity index is 0.000000195. The summed E-state index contributed by atoms with van der Waals surface area (Å²) in [4.78, 5) is 46.3. The molecule has 0 aromatic rings. The van der Waals surface area contributed by atoms with E-state index in [9.17, 15) is 29.8 Å². The van der Waals surface area contributed by atoms with E-state index in [4.69, 9.17) is 14.2 Å². The lowest BCUT2D eigenvalue weighted by Crippen LogP contribution is -2.42. The van der Waals surface area contributed by atoms with Crippen LogP contribution in [-0.2, 0) is 23.8 Å². The molecule has 0 aromatic carbocycles. The van der Waals surface area contributed by atoms with Crippen LogP contribution in [0, 0.1) is 32.1 Å². The van der Waals surface area contributed by atoms with Crippen molar-refractivity contribution in [1.82, 2.24) is 20.0 Å². The molecule has 2 unspecified atom stereocenters. The van der Waals surface area contributed by atoms with Crippen LogP contribution in [0.25, 0.3) is 0 Å². The van der Waals surface area contributed by atoms with Gasteiger partial charge in [0.25, 0.3) is 6.20 Å². The number of aldehydes is 2. The monoisotopic (exact) mass is 596 g/mol. The molecule has 6 aliphatic rings. The van der Waals surface area contributed by atoms with Crippen LogP contribution in [0.2, 0.25) is 0 Å². The molecule has 2 bridgehead atoms. The van der Waals surface area contributed by atoms with Gasteiger partial charge in [-0.15, -0.1) is 0 Å². The largest absolute Gasteiger partial charge is 0.381 e. The van der Waals surface area contributed by atoms with Gasteiger partial charge in [-0.3, -0.25) is 20.2 Å². The molecule has 4 atom stereocenters. The van der Waals surface area contributed by atoms with E-state index in [2.05, 4.69) is 15.1 Å². The van der Waals surface area contributed by atoms with Crippen molar-refractivity contribution in [2.24, 2.45) is 11.8 Å². The van der Waals surface area contributed by atoms with E-state index in [1.54, 1.807) is 0 Å². The summed E-state index contributed by atoms with van der Waals surface area (Å²) >= 11 is 0. The molecule has 6 heterocycles. The second kappa shape index (κ2) is 16.4. The van der Waals surface area contributed by atoms with Gasteiger partial charge in [-0.1, -0.05) is 7.43 Å². The number of carbonyl (C=O) groups is 2. The van der Waals surface area contributed by atoms with Crippen molar-refractivity contribution in [3.8, 4) is 0 Å². The van der Waals surface area contributed by atoms with Crippen LogP contribution in [0.1, 0.15) is 46.0 Å². The maximum absolute atomic E-state index is 11.5. The number of unbranched alkanes of at least 4 members (excludes halogenated alkanes) is 1. The molecule has 15 nitrogen and oxygen atoms in total. The number of ether oxygens (including phenoxy) is 3. The van der Waals surface area contributed by atoms with Crippen LogP contribution in [-0.4, -0.2) is 115 Å². The van der Waals surface area contributed by atoms with E-state index in [0.29, 0.717) is 30.5 Å². The molecule has 236 valence electrons. The molecule has 0 radical (unpaired) electrons. The molecule has 0 spiro atoms. The minimum Gasteiger partial charge on any atom is -0.381 e. The SMILES string of the molecule is C.O=CCCC=O.O=[N+]([O-])/C=C1\NCCN1CC1CCOC1.O=[N+]([O-])C1=C2N(CC3CCOC3)CCN2[C@@H]2CC[C@H]1O2. The fraction of sp³-hybridized carbons (Fsp3) is 0.778. The van der Waals surface area contributed by atoms with Crippen LogP contribution in [0.15, 0.2) is 23.5 Å². The molecule has 1 N–H and O–H groups in total. The molecule has 42 heavy (non-hydrogen) atoms. The van der Waals surface area contributed by atoms with E-state index in [-0.39, 0.29) is 30.4 Å². The van der Waals surface area contributed by atoms with Gasteiger partial charge in [-0.2, -0.15) is 0 Å². The molecule has 6 rings (SSSR count). The Morgan fingerprint density at radius 2 is 1.52 bits per heavy atom. The van der Waals surface area contributed by atoms with E-state index in [1.165, 1.54) is 0 Å². The topological polar surface area (TPSA) is 170 Å². The molecule has 0 aliphatic carbocycles. The third-order valence-corrected chi connectivity index (χ3v) is 7.92. The zero-order chi connectivity index (χ0) is 29.2. The van der Waals surface area contributed by atoms with Crippen molar-refractivity contribution < 1.29 is 33.6 Å². The Hall–Kier alpha value is -3.30. The molecular weight excluding hydrogens is 552 g/mol. The highest BCUT2D eigenvalue weighted by molar-refractivity contribution is 5.58. The number of fused-ring (bicyclic) bond motifs is 4. The maximum atomic E-state index is 11.5. The average molecular weight is 597 g/mol. The molecule has 5 fully saturated rings. The second-order valence-electron chi connectivity index (χ2n) is 10.8. The van der Waals surface area contributed by atoms with Crippen molar-refractivity contribution in [3.05, 3.63) is 43.8 Å². The van der Waals surface area contributed by atoms with Gasteiger partial charge in [-0.05, 0) is 25.7 Å². The third kappa shape index (κ3) is 8.61. The number of hydrogen-bond acceptors (Lipinski definition) is 13. The quantitative estimate of drug-likeness (QED) is 0.176. The first-order valence-electron chi connectivity index (χ1n) is 14.3. The Kier molecular flexibility index (Phi) is 12.9. The Morgan fingerprint density at radius 3 is 2.07 bits per heavy atom. The molecule has 0 aromatic heterocycles. The van der Waals surface area contributed by atoms with Gasteiger partial charge in [0, 0.05) is 77.2 Å². The minimum atomic E-state index is -0.411. The summed E-state index contributed by atoms with van der Waals surface area (Å²) in [5, 5.41) is 24.8. The first kappa shape index (κ1) is 33.2. The van der Waals surface area contributed by atoms with Crippen LogP contribution < -0.4 is 5.32 Å². The smallest absolute Gasteiger partial charge is 0.314 e. The zero-order valence-electron chi connectivity index (χ0n) is 23.3. The highest BCUT2D eigenvalue weighted by atomic mass is 16.6. The van der Waals surface area contributed by atoms with Gasteiger partial charge in [0.1, 0.15) is 18.8 Å². The highest BCUT2D eigenvalue weighted by Gasteiger charge is 2.50. The predicted molar refractivity (Wildman–Crippen MR) is 151 cm³/mol. The van der Waals surface area contributed by atoms with Gasteiger partial charge in [0.2, 0.25) is 0 Å².